The van der Waals surface area contributed by atoms with E-state index in [1.54, 1.807) is 0 Å². The van der Waals surface area contributed by atoms with Gasteiger partial charge in [0, 0.05) is 11.6 Å². The van der Waals surface area contributed by atoms with E-state index >= 15 is 0 Å². The Morgan fingerprint density at radius 1 is 1.00 bits per heavy atom. The van der Waals surface area contributed by atoms with Crippen molar-refractivity contribution in [2.45, 2.75) is 5.92 Å². The lowest BCUT2D eigenvalue weighted by molar-refractivity contribution is -0.120. The number of amides is 1. The zero-order valence-corrected chi connectivity index (χ0v) is 9.34. The maximum Gasteiger partial charge on any atom is 0.232 e. The highest BCUT2D eigenvalue weighted by Gasteiger charge is 2.37. The normalized spacial score (nSPS) is 26.1. The van der Waals surface area contributed by atoms with Crippen LogP contribution in [0.3, 0.4) is 0 Å². The highest BCUT2D eigenvalue weighted by atomic mass is 16.2. The Morgan fingerprint density at radius 3 is 2.65 bits per heavy atom. The van der Waals surface area contributed by atoms with Crippen LogP contribution in [0.25, 0.3) is 0 Å². The van der Waals surface area contributed by atoms with Crippen LogP contribution in [0.2, 0.25) is 0 Å². The van der Waals surface area contributed by atoms with Crippen LogP contribution in [0.1, 0.15) is 11.5 Å². The molecule has 1 amide bonds. The van der Waals surface area contributed by atoms with E-state index < -0.39 is 0 Å². The van der Waals surface area contributed by atoms with Crippen molar-refractivity contribution in [3.05, 3.63) is 72.0 Å². The molecule has 2 aliphatic rings. The van der Waals surface area contributed by atoms with Crippen LogP contribution in [0.4, 0.5) is 0 Å². The molecule has 2 nitrogen and oxygen atoms in total. The summed E-state index contributed by atoms with van der Waals surface area (Å²) in [6.07, 6.45) is 10.0. The lowest BCUT2D eigenvalue weighted by atomic mass is 9.87. The van der Waals surface area contributed by atoms with Gasteiger partial charge in [0.05, 0.1) is 5.92 Å². The third-order valence-electron chi connectivity index (χ3n) is 3.24. The molecular weight excluding hydrogens is 210 g/mol. The molecule has 0 radical (unpaired) electrons. The van der Waals surface area contributed by atoms with Gasteiger partial charge in [0.2, 0.25) is 5.91 Å². The fraction of sp³-hybridized carbons (Fsp3) is 0.133. The topological polar surface area (TPSA) is 29.1 Å². The van der Waals surface area contributed by atoms with Gasteiger partial charge in [-0.1, -0.05) is 54.6 Å². The van der Waals surface area contributed by atoms with Crippen molar-refractivity contribution in [3.63, 3.8) is 0 Å². The fourth-order valence-corrected chi connectivity index (χ4v) is 2.44. The number of carbonyl (C=O) groups excluding carboxylic acids is 1. The van der Waals surface area contributed by atoms with E-state index in [2.05, 4.69) is 11.4 Å². The fourth-order valence-electron chi connectivity index (χ4n) is 2.44. The van der Waals surface area contributed by atoms with E-state index in [0.717, 1.165) is 11.3 Å². The SMILES string of the molecule is O=C1NC2=CC=CC=C[C@H]2[C@@H]1c1ccccc1. The Hall–Kier alpha value is -2.09. The third kappa shape index (κ3) is 1.72. The summed E-state index contributed by atoms with van der Waals surface area (Å²) in [4.78, 5) is 12.0. The maximum atomic E-state index is 12.0. The maximum absolute atomic E-state index is 12.0. The average molecular weight is 223 g/mol. The Labute approximate surface area is 100 Å². The van der Waals surface area contributed by atoms with Crippen molar-refractivity contribution in [1.82, 2.24) is 5.32 Å². The number of hydrogen-bond donors (Lipinski definition) is 1. The van der Waals surface area contributed by atoms with Crippen LogP contribution in [-0.4, -0.2) is 5.91 Å². The lowest BCUT2D eigenvalue weighted by Gasteiger charge is -2.13. The molecule has 2 heteroatoms. The van der Waals surface area contributed by atoms with Gasteiger partial charge in [0.25, 0.3) is 0 Å². The number of rotatable bonds is 1. The molecule has 17 heavy (non-hydrogen) atoms. The van der Waals surface area contributed by atoms with E-state index in [4.69, 9.17) is 0 Å². The molecule has 0 bridgehead atoms. The van der Waals surface area contributed by atoms with Crippen LogP contribution in [0.5, 0.6) is 0 Å². The number of allylic oxidation sites excluding steroid dienone is 5. The van der Waals surface area contributed by atoms with Crippen LogP contribution >= 0.6 is 0 Å². The first-order valence-corrected chi connectivity index (χ1v) is 5.77. The second-order valence-corrected chi connectivity index (χ2v) is 4.30. The first kappa shape index (κ1) is 10.1. The predicted molar refractivity (Wildman–Crippen MR) is 67.2 cm³/mol. The first-order chi connectivity index (χ1) is 8.36. The Balaban J connectivity index is 2.03. The standard InChI is InChI=1S/C15H13NO/c17-15-14(11-7-3-1-4-8-11)12-9-5-2-6-10-13(12)16-15/h1-10,12,14H,(H,16,17)/t12-,14+/m1/s1. The molecule has 0 aromatic heterocycles. The summed E-state index contributed by atoms with van der Waals surface area (Å²) in [7, 11) is 0. The van der Waals surface area contributed by atoms with Gasteiger partial charge < -0.3 is 5.32 Å². The minimum Gasteiger partial charge on any atom is -0.329 e. The summed E-state index contributed by atoms with van der Waals surface area (Å²) >= 11 is 0. The highest BCUT2D eigenvalue weighted by molar-refractivity contribution is 5.89. The van der Waals surface area contributed by atoms with Gasteiger partial charge in [-0.15, -0.1) is 0 Å². The molecule has 3 rings (SSSR count). The molecule has 0 unspecified atom stereocenters. The summed E-state index contributed by atoms with van der Waals surface area (Å²) in [5.41, 5.74) is 2.07. The molecule has 1 aliphatic carbocycles. The monoisotopic (exact) mass is 223 g/mol. The molecule has 1 heterocycles. The minimum absolute atomic E-state index is 0.0902. The molecule has 0 spiro atoms. The summed E-state index contributed by atoms with van der Waals surface area (Å²) < 4.78 is 0. The Morgan fingerprint density at radius 2 is 1.82 bits per heavy atom. The Bertz CT molecular complexity index is 525. The van der Waals surface area contributed by atoms with Gasteiger partial charge in [-0.05, 0) is 11.6 Å². The zero-order valence-electron chi connectivity index (χ0n) is 9.34. The van der Waals surface area contributed by atoms with Crippen LogP contribution in [0.15, 0.2) is 66.4 Å². The lowest BCUT2D eigenvalue weighted by Crippen LogP contribution is -2.17. The van der Waals surface area contributed by atoms with E-state index in [1.807, 2.05) is 54.6 Å². The van der Waals surface area contributed by atoms with Crippen molar-refractivity contribution in [2.75, 3.05) is 0 Å². The molecule has 1 fully saturated rings. The zero-order chi connectivity index (χ0) is 11.7. The van der Waals surface area contributed by atoms with Gasteiger partial charge in [0.15, 0.2) is 0 Å². The van der Waals surface area contributed by atoms with Crippen molar-refractivity contribution in [2.24, 2.45) is 5.92 Å². The van der Waals surface area contributed by atoms with E-state index in [0.29, 0.717) is 0 Å². The van der Waals surface area contributed by atoms with Gasteiger partial charge in [-0.3, -0.25) is 4.79 Å². The molecule has 1 N–H and O–H groups in total. The second kappa shape index (κ2) is 4.06. The van der Waals surface area contributed by atoms with Gasteiger partial charge in [0.1, 0.15) is 0 Å². The van der Waals surface area contributed by atoms with Crippen molar-refractivity contribution < 1.29 is 4.79 Å². The number of benzene rings is 1. The summed E-state index contributed by atoms with van der Waals surface area (Å²) in [6, 6.07) is 9.95. The number of carbonyl (C=O) groups is 1. The van der Waals surface area contributed by atoms with Crippen molar-refractivity contribution >= 4 is 5.91 Å². The number of hydrogen-bond acceptors (Lipinski definition) is 1. The van der Waals surface area contributed by atoms with Crippen LogP contribution < -0.4 is 5.32 Å². The molecule has 2 atom stereocenters. The summed E-state index contributed by atoms with van der Waals surface area (Å²) in [5, 5.41) is 2.96. The number of nitrogens with one attached hydrogen (secondary N) is 1. The molecule has 1 aromatic rings. The number of fused-ring (bicyclic) bond motifs is 1. The summed E-state index contributed by atoms with van der Waals surface area (Å²) in [6.45, 7) is 0. The molecule has 84 valence electrons. The van der Waals surface area contributed by atoms with Crippen LogP contribution in [0, 0.1) is 5.92 Å². The molecule has 1 saturated heterocycles. The van der Waals surface area contributed by atoms with Gasteiger partial charge >= 0.3 is 0 Å². The van der Waals surface area contributed by atoms with E-state index in [9.17, 15) is 4.79 Å². The molecular formula is C15H13NO. The quantitative estimate of drug-likeness (QED) is 0.778. The molecule has 1 aliphatic heterocycles. The first-order valence-electron chi connectivity index (χ1n) is 5.77. The van der Waals surface area contributed by atoms with E-state index in [-0.39, 0.29) is 17.7 Å². The minimum atomic E-state index is -0.0985. The largest absolute Gasteiger partial charge is 0.329 e. The predicted octanol–water partition coefficient (Wildman–Crippen LogP) is 2.53. The van der Waals surface area contributed by atoms with Crippen molar-refractivity contribution in [1.29, 1.82) is 0 Å². The van der Waals surface area contributed by atoms with Gasteiger partial charge in [-0.25, -0.2) is 0 Å². The highest BCUT2D eigenvalue weighted by Crippen LogP contribution is 2.36. The Kier molecular flexibility index (Phi) is 2.41. The average Bonchev–Trinajstić information content (AvgIpc) is 2.52. The second-order valence-electron chi connectivity index (χ2n) is 4.30. The van der Waals surface area contributed by atoms with E-state index in [1.165, 1.54) is 0 Å². The smallest absolute Gasteiger partial charge is 0.232 e. The van der Waals surface area contributed by atoms with Gasteiger partial charge in [-0.2, -0.15) is 0 Å². The van der Waals surface area contributed by atoms with Crippen LogP contribution in [-0.2, 0) is 4.79 Å². The summed E-state index contributed by atoms with van der Waals surface area (Å²) in [5.74, 6) is 0.130. The van der Waals surface area contributed by atoms with Crippen molar-refractivity contribution in [3.8, 4) is 0 Å². The molecule has 0 saturated carbocycles. The third-order valence-corrected chi connectivity index (χ3v) is 3.24. The molecule has 1 aromatic carbocycles.